The summed E-state index contributed by atoms with van der Waals surface area (Å²) in [5, 5.41) is 9.14. The molecular weight excluding hydrogens is 454 g/mol. The highest BCUT2D eigenvalue weighted by molar-refractivity contribution is 5.85. The summed E-state index contributed by atoms with van der Waals surface area (Å²) in [6, 6.07) is 11.7. The van der Waals surface area contributed by atoms with Crippen LogP contribution in [-0.2, 0) is 14.3 Å². The van der Waals surface area contributed by atoms with Gasteiger partial charge in [-0.15, -0.1) is 0 Å². The molecule has 2 amide bonds. The number of halogens is 2. The van der Waals surface area contributed by atoms with E-state index in [1.54, 1.807) is 29.2 Å². The van der Waals surface area contributed by atoms with Gasteiger partial charge in [-0.25, -0.2) is 8.78 Å². The zero-order valence-corrected chi connectivity index (χ0v) is 19.4. The number of carbonyl (C=O) groups excluding carboxylic acids is 2. The van der Waals surface area contributed by atoms with E-state index >= 15 is 0 Å². The molecule has 35 heavy (non-hydrogen) atoms. The van der Waals surface area contributed by atoms with Crippen molar-refractivity contribution in [2.75, 3.05) is 39.4 Å². The average Bonchev–Trinajstić information content (AvgIpc) is 3.66. The maximum Gasteiger partial charge on any atom is 0.247 e. The molecule has 4 rings (SSSR count). The molecule has 1 aliphatic heterocycles. The lowest BCUT2D eigenvalue weighted by Crippen LogP contribution is -2.54. The molecule has 186 valence electrons. The Balaban J connectivity index is 1.29. The summed E-state index contributed by atoms with van der Waals surface area (Å²) in [7, 11) is 0. The van der Waals surface area contributed by atoms with Crippen LogP contribution in [0.5, 0.6) is 0 Å². The van der Waals surface area contributed by atoms with E-state index in [-0.39, 0.29) is 48.5 Å². The molecule has 1 heterocycles. The minimum Gasteiger partial charge on any atom is -0.378 e. The third kappa shape index (κ3) is 6.86. The number of nitrogens with one attached hydrogen (secondary N) is 3. The molecule has 3 N–H and O–H groups in total. The lowest BCUT2D eigenvalue weighted by Gasteiger charge is -2.31. The van der Waals surface area contributed by atoms with E-state index < -0.39 is 6.04 Å². The Morgan fingerprint density at radius 2 is 1.66 bits per heavy atom. The molecule has 0 bridgehead atoms. The lowest BCUT2D eigenvalue weighted by molar-refractivity contribution is -0.137. The van der Waals surface area contributed by atoms with E-state index in [0.29, 0.717) is 37.6 Å². The summed E-state index contributed by atoms with van der Waals surface area (Å²) in [4.78, 5) is 27.3. The molecule has 0 unspecified atom stereocenters. The Bertz CT molecular complexity index is 1040. The predicted molar refractivity (Wildman–Crippen MR) is 128 cm³/mol. The first-order chi connectivity index (χ1) is 16.9. The van der Waals surface area contributed by atoms with E-state index in [1.807, 2.05) is 0 Å². The van der Waals surface area contributed by atoms with Crippen molar-refractivity contribution in [2.45, 2.75) is 24.4 Å². The first-order valence-electron chi connectivity index (χ1n) is 11.7. The number of hydrogen-bond acceptors (Lipinski definition) is 5. The first-order valence-corrected chi connectivity index (χ1v) is 11.7. The molecule has 0 radical (unpaired) electrons. The molecule has 1 aliphatic carbocycles. The number of ether oxygens (including phenoxy) is 1. The highest BCUT2D eigenvalue weighted by Crippen LogP contribution is 2.40. The third-order valence-corrected chi connectivity index (χ3v) is 6.28. The van der Waals surface area contributed by atoms with Gasteiger partial charge in [0.2, 0.25) is 11.8 Å². The molecule has 1 saturated carbocycles. The average molecular weight is 485 g/mol. The number of rotatable bonds is 10. The molecule has 2 fully saturated rings. The summed E-state index contributed by atoms with van der Waals surface area (Å²) in [5.41, 5.74) is 2.16. The van der Waals surface area contributed by atoms with Gasteiger partial charge in [0, 0.05) is 37.3 Å². The molecular formula is C26H30F2N4O3. The Kier molecular flexibility index (Phi) is 8.09. The Hall–Kier alpha value is -3.30. The number of amides is 2. The Morgan fingerprint density at radius 3 is 2.31 bits per heavy atom. The normalized spacial score (nSPS) is 20.1. The van der Waals surface area contributed by atoms with E-state index in [4.69, 9.17) is 4.74 Å². The second-order valence-corrected chi connectivity index (χ2v) is 8.81. The van der Waals surface area contributed by atoms with Gasteiger partial charge in [-0.05, 0) is 41.8 Å². The molecule has 1 saturated heterocycles. The van der Waals surface area contributed by atoms with Crippen LogP contribution in [0.2, 0.25) is 0 Å². The number of carbonyl (C=O) groups is 2. The molecule has 2 aromatic rings. The smallest absolute Gasteiger partial charge is 0.247 e. The fourth-order valence-corrected chi connectivity index (χ4v) is 4.15. The van der Waals surface area contributed by atoms with Crippen molar-refractivity contribution in [1.82, 2.24) is 20.9 Å². The standard InChI is InChI=1S/C26H30F2N4O3/c1-17(18-2-6-20(27)7-3-18)31-24(26(34)32-10-12-35-13-11-32)15-30-25(33)16-29-23-14-22(23)19-4-8-21(28)9-5-19/h2-9,22-24,29,31H,1,10-16H2,(H,30,33)/t22-,23+,24-/m0/s1. The highest BCUT2D eigenvalue weighted by Gasteiger charge is 2.38. The zero-order chi connectivity index (χ0) is 24.8. The fourth-order valence-electron chi connectivity index (χ4n) is 4.15. The van der Waals surface area contributed by atoms with Gasteiger partial charge in [0.1, 0.15) is 17.7 Å². The van der Waals surface area contributed by atoms with Gasteiger partial charge < -0.3 is 25.6 Å². The minimum atomic E-state index is -0.734. The van der Waals surface area contributed by atoms with Crippen LogP contribution in [0, 0.1) is 11.6 Å². The maximum atomic E-state index is 13.3. The summed E-state index contributed by atoms with van der Waals surface area (Å²) in [6.45, 7) is 6.04. The van der Waals surface area contributed by atoms with Crippen molar-refractivity contribution < 1.29 is 23.1 Å². The van der Waals surface area contributed by atoms with E-state index in [9.17, 15) is 18.4 Å². The van der Waals surface area contributed by atoms with Crippen molar-refractivity contribution in [3.63, 3.8) is 0 Å². The van der Waals surface area contributed by atoms with Crippen LogP contribution < -0.4 is 16.0 Å². The van der Waals surface area contributed by atoms with E-state index in [1.165, 1.54) is 24.3 Å². The van der Waals surface area contributed by atoms with Crippen molar-refractivity contribution >= 4 is 17.5 Å². The van der Waals surface area contributed by atoms with Gasteiger partial charge in [-0.1, -0.05) is 30.8 Å². The van der Waals surface area contributed by atoms with E-state index in [0.717, 1.165) is 12.0 Å². The number of benzene rings is 2. The minimum absolute atomic E-state index is 0.0724. The van der Waals surface area contributed by atoms with Crippen LogP contribution in [0.1, 0.15) is 23.5 Å². The molecule has 2 aromatic carbocycles. The van der Waals surface area contributed by atoms with Crippen LogP contribution in [0.4, 0.5) is 8.78 Å². The van der Waals surface area contributed by atoms with Gasteiger partial charge in [0.05, 0.1) is 19.8 Å². The van der Waals surface area contributed by atoms with Crippen LogP contribution in [0.3, 0.4) is 0 Å². The monoisotopic (exact) mass is 484 g/mol. The van der Waals surface area contributed by atoms with Gasteiger partial charge in [-0.3, -0.25) is 9.59 Å². The van der Waals surface area contributed by atoms with Gasteiger partial charge in [0.15, 0.2) is 0 Å². The number of morpholine rings is 1. The number of hydrogen-bond donors (Lipinski definition) is 3. The van der Waals surface area contributed by atoms with Crippen LogP contribution >= 0.6 is 0 Å². The molecule has 9 heteroatoms. The Morgan fingerprint density at radius 1 is 1.03 bits per heavy atom. The number of nitrogens with zero attached hydrogens (tertiary/aromatic N) is 1. The van der Waals surface area contributed by atoms with Crippen molar-refractivity contribution in [2.24, 2.45) is 0 Å². The van der Waals surface area contributed by atoms with Gasteiger partial charge in [0.25, 0.3) is 0 Å². The highest BCUT2D eigenvalue weighted by atomic mass is 19.1. The topological polar surface area (TPSA) is 82.7 Å². The van der Waals surface area contributed by atoms with E-state index in [2.05, 4.69) is 22.5 Å². The predicted octanol–water partition coefficient (Wildman–Crippen LogP) is 2.01. The summed E-state index contributed by atoms with van der Waals surface area (Å²) >= 11 is 0. The molecule has 0 spiro atoms. The fraction of sp³-hybridized carbons (Fsp3) is 0.385. The molecule has 3 atom stereocenters. The Labute approximate surface area is 203 Å². The molecule has 7 nitrogen and oxygen atoms in total. The molecule has 0 aromatic heterocycles. The third-order valence-electron chi connectivity index (χ3n) is 6.28. The van der Waals surface area contributed by atoms with Crippen LogP contribution in [0.25, 0.3) is 5.70 Å². The SMILES string of the molecule is C=C(N[C@@H](CNC(=O)CN[C@@H]1C[C@H]1c1ccc(F)cc1)C(=O)N1CCOCC1)c1ccc(F)cc1. The second-order valence-electron chi connectivity index (χ2n) is 8.81. The maximum absolute atomic E-state index is 13.3. The van der Waals surface area contributed by atoms with Gasteiger partial charge in [-0.2, -0.15) is 0 Å². The first kappa shape index (κ1) is 24.8. The largest absolute Gasteiger partial charge is 0.378 e. The van der Waals surface area contributed by atoms with Crippen LogP contribution in [0.15, 0.2) is 55.1 Å². The zero-order valence-electron chi connectivity index (χ0n) is 19.4. The van der Waals surface area contributed by atoms with Crippen molar-refractivity contribution in [3.05, 3.63) is 77.9 Å². The van der Waals surface area contributed by atoms with Gasteiger partial charge >= 0.3 is 0 Å². The summed E-state index contributed by atoms with van der Waals surface area (Å²) < 4.78 is 31.7. The molecule has 2 aliphatic rings. The van der Waals surface area contributed by atoms with Crippen LogP contribution in [-0.4, -0.2) is 68.2 Å². The summed E-state index contributed by atoms with van der Waals surface area (Å²) in [5.74, 6) is -0.762. The van der Waals surface area contributed by atoms with Crippen molar-refractivity contribution in [1.29, 1.82) is 0 Å². The lowest BCUT2D eigenvalue weighted by atomic mass is 10.1. The van der Waals surface area contributed by atoms with Crippen molar-refractivity contribution in [3.8, 4) is 0 Å². The second kappa shape index (κ2) is 11.4. The summed E-state index contributed by atoms with van der Waals surface area (Å²) in [6.07, 6.45) is 0.885. The quantitative estimate of drug-likeness (QED) is 0.481.